The molecule has 1 aromatic rings. The standard InChI is InChI=1S/C12H20N4O2/c1-8(2)11-14-5-6-16(11)9(3)12(18)15(4)7-10(13)17/h5-6,8-9H,7H2,1-4H3,(H2,13,17)/t9-/m1/s1. The number of rotatable bonds is 5. The van der Waals surface area contributed by atoms with Crippen molar-refractivity contribution in [1.29, 1.82) is 0 Å². The smallest absolute Gasteiger partial charge is 0.245 e. The van der Waals surface area contributed by atoms with Crippen molar-refractivity contribution < 1.29 is 9.59 Å². The van der Waals surface area contributed by atoms with Gasteiger partial charge in [-0.05, 0) is 6.92 Å². The fourth-order valence-corrected chi connectivity index (χ4v) is 1.85. The van der Waals surface area contributed by atoms with Crippen LogP contribution in [0.2, 0.25) is 0 Å². The first-order valence-electron chi connectivity index (χ1n) is 5.90. The maximum atomic E-state index is 12.1. The van der Waals surface area contributed by atoms with Gasteiger partial charge in [-0.15, -0.1) is 0 Å². The van der Waals surface area contributed by atoms with Crippen LogP contribution in [-0.4, -0.2) is 39.9 Å². The fraction of sp³-hybridized carbons (Fsp3) is 0.583. The monoisotopic (exact) mass is 252 g/mol. The average Bonchev–Trinajstić information content (AvgIpc) is 2.74. The van der Waals surface area contributed by atoms with E-state index >= 15 is 0 Å². The van der Waals surface area contributed by atoms with E-state index in [0.29, 0.717) is 0 Å². The quantitative estimate of drug-likeness (QED) is 0.829. The Morgan fingerprint density at radius 1 is 1.44 bits per heavy atom. The zero-order chi connectivity index (χ0) is 13.9. The Labute approximate surface area is 107 Å². The van der Waals surface area contributed by atoms with E-state index in [-0.39, 0.29) is 18.4 Å². The van der Waals surface area contributed by atoms with Crippen molar-refractivity contribution in [1.82, 2.24) is 14.5 Å². The summed E-state index contributed by atoms with van der Waals surface area (Å²) in [5.41, 5.74) is 5.08. The van der Waals surface area contributed by atoms with Crippen molar-refractivity contribution in [2.45, 2.75) is 32.7 Å². The number of hydrogen-bond donors (Lipinski definition) is 1. The van der Waals surface area contributed by atoms with Crippen LogP contribution in [0.25, 0.3) is 0 Å². The molecule has 0 aliphatic heterocycles. The number of hydrogen-bond acceptors (Lipinski definition) is 3. The van der Waals surface area contributed by atoms with Crippen LogP contribution >= 0.6 is 0 Å². The van der Waals surface area contributed by atoms with Crippen LogP contribution in [0.4, 0.5) is 0 Å². The molecule has 2 N–H and O–H groups in total. The molecule has 18 heavy (non-hydrogen) atoms. The maximum absolute atomic E-state index is 12.1. The molecule has 0 radical (unpaired) electrons. The van der Waals surface area contributed by atoms with E-state index in [1.807, 2.05) is 18.4 Å². The minimum Gasteiger partial charge on any atom is -0.368 e. The molecule has 0 fully saturated rings. The second-order valence-corrected chi connectivity index (χ2v) is 4.68. The zero-order valence-electron chi connectivity index (χ0n) is 11.3. The van der Waals surface area contributed by atoms with Crippen molar-refractivity contribution in [2.75, 3.05) is 13.6 Å². The van der Waals surface area contributed by atoms with Gasteiger partial charge in [-0.2, -0.15) is 0 Å². The summed E-state index contributed by atoms with van der Waals surface area (Å²) in [4.78, 5) is 28.5. The van der Waals surface area contributed by atoms with Gasteiger partial charge in [0.2, 0.25) is 11.8 Å². The molecule has 6 heteroatoms. The van der Waals surface area contributed by atoms with Gasteiger partial charge in [0.25, 0.3) is 0 Å². The number of imidazole rings is 1. The Morgan fingerprint density at radius 3 is 2.56 bits per heavy atom. The molecule has 1 rings (SSSR count). The molecule has 0 saturated carbocycles. The fourth-order valence-electron chi connectivity index (χ4n) is 1.85. The first kappa shape index (κ1) is 14.2. The van der Waals surface area contributed by atoms with Gasteiger partial charge in [-0.3, -0.25) is 9.59 Å². The van der Waals surface area contributed by atoms with Crippen molar-refractivity contribution in [2.24, 2.45) is 5.73 Å². The average molecular weight is 252 g/mol. The van der Waals surface area contributed by atoms with Gasteiger partial charge in [0, 0.05) is 25.4 Å². The van der Waals surface area contributed by atoms with Gasteiger partial charge in [-0.1, -0.05) is 13.8 Å². The first-order chi connectivity index (χ1) is 8.34. The summed E-state index contributed by atoms with van der Waals surface area (Å²) in [7, 11) is 1.57. The summed E-state index contributed by atoms with van der Waals surface area (Å²) in [6, 6.07) is -0.394. The number of likely N-dealkylation sites (N-methyl/N-ethyl adjacent to an activating group) is 1. The molecule has 0 bridgehead atoms. The summed E-state index contributed by atoms with van der Waals surface area (Å²) < 4.78 is 1.82. The van der Waals surface area contributed by atoms with Crippen LogP contribution in [0.1, 0.15) is 38.6 Å². The molecule has 0 aliphatic rings. The van der Waals surface area contributed by atoms with Crippen LogP contribution in [0.15, 0.2) is 12.4 Å². The molecule has 0 aliphatic carbocycles. The van der Waals surface area contributed by atoms with E-state index in [0.717, 1.165) is 5.82 Å². The number of carbonyl (C=O) groups excluding carboxylic acids is 2. The summed E-state index contributed by atoms with van der Waals surface area (Å²) in [6.45, 7) is 5.74. The minimum absolute atomic E-state index is 0.0745. The van der Waals surface area contributed by atoms with Gasteiger partial charge in [0.05, 0.1) is 6.54 Å². The lowest BCUT2D eigenvalue weighted by molar-refractivity contribution is -0.136. The third kappa shape index (κ3) is 3.09. The molecule has 6 nitrogen and oxygen atoms in total. The second kappa shape index (κ2) is 5.66. The van der Waals surface area contributed by atoms with Crippen molar-refractivity contribution in [3.8, 4) is 0 Å². The predicted octanol–water partition coefficient (Wildman–Crippen LogP) is 0.511. The zero-order valence-corrected chi connectivity index (χ0v) is 11.3. The topological polar surface area (TPSA) is 81.2 Å². The minimum atomic E-state index is -0.521. The van der Waals surface area contributed by atoms with Gasteiger partial charge < -0.3 is 15.2 Å². The third-order valence-electron chi connectivity index (χ3n) is 2.76. The van der Waals surface area contributed by atoms with E-state index in [1.165, 1.54) is 4.90 Å². The normalized spacial score (nSPS) is 12.5. The number of aromatic nitrogens is 2. The second-order valence-electron chi connectivity index (χ2n) is 4.68. The van der Waals surface area contributed by atoms with E-state index < -0.39 is 11.9 Å². The highest BCUT2D eigenvalue weighted by Crippen LogP contribution is 2.18. The van der Waals surface area contributed by atoms with E-state index in [4.69, 9.17) is 5.73 Å². The Balaban J connectivity index is 2.86. The highest BCUT2D eigenvalue weighted by molar-refractivity contribution is 5.85. The third-order valence-corrected chi connectivity index (χ3v) is 2.76. The Kier molecular flexibility index (Phi) is 4.47. The van der Waals surface area contributed by atoms with Crippen LogP contribution in [0.3, 0.4) is 0 Å². The van der Waals surface area contributed by atoms with Gasteiger partial charge in [-0.25, -0.2) is 4.98 Å². The number of amides is 2. The molecule has 0 saturated heterocycles. The van der Waals surface area contributed by atoms with Crippen molar-refractivity contribution in [3.05, 3.63) is 18.2 Å². The van der Waals surface area contributed by atoms with E-state index in [1.54, 1.807) is 26.4 Å². The van der Waals surface area contributed by atoms with E-state index in [2.05, 4.69) is 4.98 Å². The van der Waals surface area contributed by atoms with Crippen LogP contribution in [0, 0.1) is 0 Å². The molecule has 0 spiro atoms. The van der Waals surface area contributed by atoms with Crippen LogP contribution in [-0.2, 0) is 9.59 Å². The lowest BCUT2D eigenvalue weighted by Crippen LogP contribution is -2.39. The summed E-state index contributed by atoms with van der Waals surface area (Å²) in [5.74, 6) is 0.404. The number of carbonyl (C=O) groups is 2. The molecule has 1 aromatic heterocycles. The summed E-state index contributed by atoms with van der Waals surface area (Å²) >= 11 is 0. The lowest BCUT2D eigenvalue weighted by Gasteiger charge is -2.23. The van der Waals surface area contributed by atoms with Gasteiger partial charge in [0.15, 0.2) is 0 Å². The Morgan fingerprint density at radius 2 is 2.06 bits per heavy atom. The largest absolute Gasteiger partial charge is 0.368 e. The summed E-state index contributed by atoms with van der Waals surface area (Å²) in [6.07, 6.45) is 3.45. The highest BCUT2D eigenvalue weighted by atomic mass is 16.2. The van der Waals surface area contributed by atoms with Crippen molar-refractivity contribution >= 4 is 11.8 Å². The number of nitrogens with zero attached hydrogens (tertiary/aromatic N) is 3. The Bertz CT molecular complexity index is 439. The van der Waals surface area contributed by atoms with Gasteiger partial charge >= 0.3 is 0 Å². The highest BCUT2D eigenvalue weighted by Gasteiger charge is 2.22. The van der Waals surface area contributed by atoms with Gasteiger partial charge in [0.1, 0.15) is 11.9 Å². The molecule has 100 valence electrons. The number of nitrogens with two attached hydrogens (primary N) is 1. The SMILES string of the molecule is CC(C)c1nccn1[C@H](C)C(=O)N(C)CC(N)=O. The lowest BCUT2D eigenvalue weighted by atomic mass is 10.2. The summed E-state index contributed by atoms with van der Waals surface area (Å²) in [5, 5.41) is 0. The molecular formula is C12H20N4O2. The molecule has 2 amide bonds. The Hall–Kier alpha value is -1.85. The predicted molar refractivity (Wildman–Crippen MR) is 67.9 cm³/mol. The first-order valence-corrected chi connectivity index (χ1v) is 5.90. The maximum Gasteiger partial charge on any atom is 0.245 e. The molecule has 1 heterocycles. The van der Waals surface area contributed by atoms with Crippen LogP contribution in [0.5, 0.6) is 0 Å². The molecular weight excluding hydrogens is 232 g/mol. The van der Waals surface area contributed by atoms with E-state index in [9.17, 15) is 9.59 Å². The number of primary amides is 1. The van der Waals surface area contributed by atoms with Crippen LogP contribution < -0.4 is 5.73 Å². The molecule has 1 atom stereocenters. The molecule has 0 unspecified atom stereocenters. The molecule has 0 aromatic carbocycles. The van der Waals surface area contributed by atoms with Crippen molar-refractivity contribution in [3.63, 3.8) is 0 Å².